The first-order chi connectivity index (χ1) is 8.47. The van der Waals surface area contributed by atoms with E-state index in [1.54, 1.807) is 25.2 Å². The highest BCUT2D eigenvalue weighted by Gasteiger charge is 2.30. The molecule has 1 aliphatic rings. The summed E-state index contributed by atoms with van der Waals surface area (Å²) in [5.74, 6) is 0.0534. The monoisotopic (exact) mass is 267 g/mol. The fourth-order valence-electron chi connectivity index (χ4n) is 2.16. The van der Waals surface area contributed by atoms with Gasteiger partial charge in [-0.1, -0.05) is 0 Å². The predicted molar refractivity (Wildman–Crippen MR) is 74.4 cm³/mol. The van der Waals surface area contributed by atoms with Crippen molar-refractivity contribution in [1.82, 2.24) is 9.80 Å². The normalized spacial score (nSPS) is 18.1. The lowest BCUT2D eigenvalue weighted by atomic mass is 10.0. The van der Waals surface area contributed by atoms with Crippen LogP contribution in [0.15, 0.2) is 16.8 Å². The number of nitrogens with two attached hydrogens (primary N) is 1. The zero-order valence-corrected chi connectivity index (χ0v) is 11.9. The maximum atomic E-state index is 12.0. The molecule has 100 valence electrons. The van der Waals surface area contributed by atoms with Gasteiger partial charge in [0, 0.05) is 32.7 Å². The fraction of sp³-hybridized carbons (Fsp3) is 0.615. The summed E-state index contributed by atoms with van der Waals surface area (Å²) in [5, 5.41) is 4.28. The third-order valence-corrected chi connectivity index (χ3v) is 3.93. The lowest BCUT2D eigenvalue weighted by Gasteiger charge is -2.37. The van der Waals surface area contributed by atoms with Crippen molar-refractivity contribution in [2.75, 3.05) is 26.2 Å². The van der Waals surface area contributed by atoms with E-state index < -0.39 is 5.54 Å². The van der Waals surface area contributed by atoms with E-state index in [2.05, 4.69) is 21.7 Å². The van der Waals surface area contributed by atoms with Gasteiger partial charge >= 0.3 is 0 Å². The first-order valence-corrected chi connectivity index (χ1v) is 7.23. The largest absolute Gasteiger partial charge is 0.339 e. The van der Waals surface area contributed by atoms with Crippen LogP contribution in [0.4, 0.5) is 0 Å². The molecule has 1 aliphatic heterocycles. The summed E-state index contributed by atoms with van der Waals surface area (Å²) in [5.41, 5.74) is 6.46. The highest BCUT2D eigenvalue weighted by atomic mass is 32.1. The molecule has 1 aromatic heterocycles. The summed E-state index contributed by atoms with van der Waals surface area (Å²) in [6.45, 7) is 7.94. The number of piperazine rings is 1. The van der Waals surface area contributed by atoms with Crippen molar-refractivity contribution >= 4 is 17.2 Å². The van der Waals surface area contributed by atoms with Crippen molar-refractivity contribution in [3.8, 4) is 0 Å². The molecule has 18 heavy (non-hydrogen) atoms. The van der Waals surface area contributed by atoms with Gasteiger partial charge in [0.05, 0.1) is 5.54 Å². The van der Waals surface area contributed by atoms with Gasteiger partial charge in [0.25, 0.3) is 0 Å². The molecule has 0 aliphatic carbocycles. The fourth-order valence-corrected chi connectivity index (χ4v) is 2.82. The molecular weight excluding hydrogens is 246 g/mol. The summed E-state index contributed by atoms with van der Waals surface area (Å²) in [6.07, 6.45) is 0. The van der Waals surface area contributed by atoms with Crippen molar-refractivity contribution in [1.29, 1.82) is 0 Å². The Hall–Kier alpha value is -0.910. The lowest BCUT2D eigenvalue weighted by molar-refractivity contribution is -0.137. The van der Waals surface area contributed by atoms with Crippen molar-refractivity contribution < 1.29 is 4.79 Å². The van der Waals surface area contributed by atoms with E-state index in [9.17, 15) is 4.79 Å². The summed E-state index contributed by atoms with van der Waals surface area (Å²) < 4.78 is 0. The van der Waals surface area contributed by atoms with Crippen LogP contribution in [0.1, 0.15) is 19.4 Å². The Labute approximate surface area is 112 Å². The maximum Gasteiger partial charge on any atom is 0.242 e. The van der Waals surface area contributed by atoms with E-state index in [4.69, 9.17) is 5.73 Å². The SMILES string of the molecule is CC(C)(N)C(=O)N1CCN(Cc2ccsc2)CC1. The van der Waals surface area contributed by atoms with Gasteiger partial charge in [0.2, 0.25) is 5.91 Å². The number of carbonyl (C=O) groups excluding carboxylic acids is 1. The molecule has 0 saturated carbocycles. The van der Waals surface area contributed by atoms with Crippen molar-refractivity contribution in [3.05, 3.63) is 22.4 Å². The number of amides is 1. The molecule has 2 heterocycles. The van der Waals surface area contributed by atoms with Crippen molar-refractivity contribution in [2.24, 2.45) is 5.73 Å². The molecule has 2 rings (SSSR count). The Balaban J connectivity index is 1.83. The van der Waals surface area contributed by atoms with E-state index in [1.807, 2.05) is 4.90 Å². The summed E-state index contributed by atoms with van der Waals surface area (Å²) in [6, 6.07) is 2.16. The van der Waals surface area contributed by atoms with Gasteiger partial charge < -0.3 is 10.6 Å². The van der Waals surface area contributed by atoms with Gasteiger partial charge in [-0.05, 0) is 36.2 Å². The molecule has 1 aromatic rings. The molecule has 0 atom stereocenters. The topological polar surface area (TPSA) is 49.6 Å². The average molecular weight is 267 g/mol. The minimum Gasteiger partial charge on any atom is -0.339 e. The molecular formula is C13H21N3OS. The lowest BCUT2D eigenvalue weighted by Crippen LogP contribution is -2.56. The molecule has 0 radical (unpaired) electrons. The Morgan fingerprint density at radius 1 is 1.39 bits per heavy atom. The number of hydrogen-bond donors (Lipinski definition) is 1. The third-order valence-electron chi connectivity index (χ3n) is 3.20. The van der Waals surface area contributed by atoms with Gasteiger partial charge in [-0.15, -0.1) is 0 Å². The molecule has 0 aromatic carbocycles. The van der Waals surface area contributed by atoms with Crippen molar-refractivity contribution in [2.45, 2.75) is 25.9 Å². The molecule has 5 heteroatoms. The zero-order valence-electron chi connectivity index (χ0n) is 11.1. The highest BCUT2D eigenvalue weighted by molar-refractivity contribution is 7.07. The average Bonchev–Trinajstić information content (AvgIpc) is 2.81. The van der Waals surface area contributed by atoms with Crippen LogP contribution in [0.5, 0.6) is 0 Å². The van der Waals surface area contributed by atoms with Crippen LogP contribution < -0.4 is 5.73 Å². The maximum absolute atomic E-state index is 12.0. The molecule has 1 saturated heterocycles. The van der Waals surface area contributed by atoms with Crippen LogP contribution in [-0.2, 0) is 11.3 Å². The second-order valence-corrected chi connectivity index (χ2v) is 6.20. The summed E-state index contributed by atoms with van der Waals surface area (Å²) in [7, 11) is 0. The predicted octanol–water partition coefficient (Wildman–Crippen LogP) is 1.13. The minimum atomic E-state index is -0.754. The zero-order chi connectivity index (χ0) is 13.2. The molecule has 1 amide bonds. The number of hydrogen-bond acceptors (Lipinski definition) is 4. The van der Waals surface area contributed by atoms with Gasteiger partial charge in [0.15, 0.2) is 0 Å². The smallest absolute Gasteiger partial charge is 0.242 e. The van der Waals surface area contributed by atoms with E-state index >= 15 is 0 Å². The van der Waals surface area contributed by atoms with E-state index in [0.717, 1.165) is 32.7 Å². The third kappa shape index (κ3) is 3.31. The molecule has 2 N–H and O–H groups in total. The Bertz CT molecular complexity index is 389. The first kappa shape index (κ1) is 13.5. The molecule has 1 fully saturated rings. The van der Waals surface area contributed by atoms with Crippen LogP contribution >= 0.6 is 11.3 Å². The highest BCUT2D eigenvalue weighted by Crippen LogP contribution is 2.13. The first-order valence-electron chi connectivity index (χ1n) is 6.28. The molecule has 0 unspecified atom stereocenters. The minimum absolute atomic E-state index is 0.0534. The van der Waals surface area contributed by atoms with Gasteiger partial charge in [-0.25, -0.2) is 0 Å². The van der Waals surface area contributed by atoms with Crippen LogP contribution in [-0.4, -0.2) is 47.4 Å². The number of rotatable bonds is 3. The van der Waals surface area contributed by atoms with E-state index in [0.29, 0.717) is 0 Å². The summed E-state index contributed by atoms with van der Waals surface area (Å²) >= 11 is 1.73. The van der Waals surface area contributed by atoms with Gasteiger partial charge in [-0.3, -0.25) is 9.69 Å². The van der Waals surface area contributed by atoms with E-state index in [1.165, 1.54) is 5.56 Å². The Morgan fingerprint density at radius 2 is 2.06 bits per heavy atom. The Morgan fingerprint density at radius 3 is 2.56 bits per heavy atom. The van der Waals surface area contributed by atoms with Crippen molar-refractivity contribution in [3.63, 3.8) is 0 Å². The summed E-state index contributed by atoms with van der Waals surface area (Å²) in [4.78, 5) is 16.3. The second-order valence-electron chi connectivity index (χ2n) is 5.42. The second kappa shape index (κ2) is 5.38. The van der Waals surface area contributed by atoms with Gasteiger partial charge in [-0.2, -0.15) is 11.3 Å². The Kier molecular flexibility index (Phi) is 4.04. The van der Waals surface area contributed by atoms with Gasteiger partial charge in [0.1, 0.15) is 0 Å². The molecule has 4 nitrogen and oxygen atoms in total. The van der Waals surface area contributed by atoms with Crippen LogP contribution in [0.25, 0.3) is 0 Å². The standard InChI is InChI=1S/C13H21N3OS/c1-13(2,14)12(17)16-6-4-15(5-7-16)9-11-3-8-18-10-11/h3,8,10H,4-7,9,14H2,1-2H3. The quantitative estimate of drug-likeness (QED) is 0.893. The van der Waals surface area contributed by atoms with E-state index in [-0.39, 0.29) is 5.91 Å². The van der Waals surface area contributed by atoms with Crippen LogP contribution in [0.3, 0.4) is 0 Å². The van der Waals surface area contributed by atoms with Crippen LogP contribution in [0.2, 0.25) is 0 Å². The number of nitrogens with zero attached hydrogens (tertiary/aromatic N) is 2. The molecule has 0 bridgehead atoms. The molecule has 0 spiro atoms. The van der Waals surface area contributed by atoms with Crippen LogP contribution in [0, 0.1) is 0 Å². The number of thiophene rings is 1. The number of carbonyl (C=O) groups is 1.